The second-order valence-electron chi connectivity index (χ2n) is 6.52. The Morgan fingerprint density at radius 3 is 2.69 bits per heavy atom. The number of benzene rings is 1. The zero-order valence-electron chi connectivity index (χ0n) is 16.3. The predicted octanol–water partition coefficient (Wildman–Crippen LogP) is 3.65. The Labute approximate surface area is 178 Å². The molecule has 0 atom stereocenters. The Balaban J connectivity index is 1.95. The molecule has 0 aliphatic rings. The molecule has 0 aliphatic heterocycles. The molecular formula is C20H23N3O3S3. The Morgan fingerprint density at radius 1 is 1.31 bits per heavy atom. The third kappa shape index (κ3) is 4.98. The van der Waals surface area contributed by atoms with Crippen LogP contribution in [-0.2, 0) is 16.6 Å². The monoisotopic (exact) mass is 449 g/mol. The van der Waals surface area contributed by atoms with E-state index in [1.54, 1.807) is 10.6 Å². The molecule has 1 aromatic carbocycles. The third-order valence-electron chi connectivity index (χ3n) is 4.43. The van der Waals surface area contributed by atoms with Crippen LogP contribution in [0.2, 0.25) is 0 Å². The lowest BCUT2D eigenvalue weighted by atomic mass is 10.1. The van der Waals surface area contributed by atoms with Gasteiger partial charge in [-0.05, 0) is 26.0 Å². The molecule has 0 fully saturated rings. The van der Waals surface area contributed by atoms with Crippen molar-refractivity contribution in [3.63, 3.8) is 0 Å². The highest BCUT2D eigenvalue weighted by Crippen LogP contribution is 2.32. The van der Waals surface area contributed by atoms with Crippen LogP contribution in [0.25, 0.3) is 21.3 Å². The molecule has 0 saturated carbocycles. The fourth-order valence-corrected chi connectivity index (χ4v) is 5.71. The highest BCUT2D eigenvalue weighted by atomic mass is 32.2. The summed E-state index contributed by atoms with van der Waals surface area (Å²) in [4.78, 5) is 18.7. The van der Waals surface area contributed by atoms with E-state index < -0.39 is 10.0 Å². The van der Waals surface area contributed by atoms with Crippen LogP contribution in [-0.4, -0.2) is 36.5 Å². The minimum atomic E-state index is -3.23. The van der Waals surface area contributed by atoms with Crippen LogP contribution in [0.1, 0.15) is 12.0 Å². The van der Waals surface area contributed by atoms with Crippen molar-refractivity contribution in [3.8, 4) is 11.1 Å². The molecule has 0 aliphatic carbocycles. The van der Waals surface area contributed by atoms with Crippen LogP contribution in [0.15, 0.2) is 52.3 Å². The Morgan fingerprint density at radius 2 is 2.03 bits per heavy atom. The fraction of sp³-hybridized carbons (Fsp3) is 0.300. The van der Waals surface area contributed by atoms with E-state index in [4.69, 9.17) is 4.98 Å². The summed E-state index contributed by atoms with van der Waals surface area (Å²) in [5, 5.41) is 3.17. The van der Waals surface area contributed by atoms with E-state index in [1.165, 1.54) is 30.1 Å². The first kappa shape index (κ1) is 21.8. The van der Waals surface area contributed by atoms with Crippen molar-refractivity contribution in [1.82, 2.24) is 14.3 Å². The molecule has 0 bridgehead atoms. The summed E-state index contributed by atoms with van der Waals surface area (Å²) >= 11 is 2.84. The number of aromatic nitrogens is 2. The van der Waals surface area contributed by atoms with Gasteiger partial charge in [-0.3, -0.25) is 9.36 Å². The molecule has 154 valence electrons. The van der Waals surface area contributed by atoms with Gasteiger partial charge in [-0.2, -0.15) is 0 Å². The van der Waals surface area contributed by atoms with Crippen molar-refractivity contribution < 1.29 is 8.42 Å². The second-order valence-corrected chi connectivity index (χ2v) is 10.5. The van der Waals surface area contributed by atoms with Gasteiger partial charge in [0.15, 0.2) is 5.16 Å². The molecule has 29 heavy (non-hydrogen) atoms. The minimum Gasteiger partial charge on any atom is -0.283 e. The van der Waals surface area contributed by atoms with E-state index in [1.807, 2.05) is 36.6 Å². The van der Waals surface area contributed by atoms with Crippen LogP contribution >= 0.6 is 23.1 Å². The topological polar surface area (TPSA) is 81.1 Å². The molecular weight excluding hydrogens is 426 g/mol. The molecule has 1 N–H and O–H groups in total. The average molecular weight is 450 g/mol. The molecule has 0 unspecified atom stereocenters. The van der Waals surface area contributed by atoms with Gasteiger partial charge in [-0.1, -0.05) is 47.7 Å². The molecule has 0 spiro atoms. The van der Waals surface area contributed by atoms with Crippen LogP contribution in [0.4, 0.5) is 0 Å². The van der Waals surface area contributed by atoms with Crippen LogP contribution in [0.5, 0.6) is 0 Å². The molecule has 0 saturated heterocycles. The van der Waals surface area contributed by atoms with Crippen molar-refractivity contribution in [2.45, 2.75) is 25.0 Å². The zero-order valence-corrected chi connectivity index (χ0v) is 18.8. The molecule has 2 heterocycles. The van der Waals surface area contributed by atoms with E-state index in [0.717, 1.165) is 16.7 Å². The number of thioether (sulfide) groups is 1. The summed E-state index contributed by atoms with van der Waals surface area (Å²) in [6, 6.07) is 8.08. The molecule has 3 aromatic rings. The fourth-order valence-electron chi connectivity index (χ4n) is 2.87. The number of rotatable bonds is 9. The van der Waals surface area contributed by atoms with Gasteiger partial charge in [0.05, 0.1) is 11.1 Å². The first-order valence-corrected chi connectivity index (χ1v) is 12.6. The minimum absolute atomic E-state index is 0.0427. The number of thiophene rings is 1. The third-order valence-corrected chi connectivity index (χ3v) is 7.82. The van der Waals surface area contributed by atoms with E-state index in [0.29, 0.717) is 34.1 Å². The standard InChI is InChI=1S/C20H23N3O3S3/c1-4-10-23-19(24)17-16(15-8-6-14(2)7-9-15)13-28-18(17)22-20(23)27-11-5-12-29(25,26)21-3/h4,6-9,13,21H,1,5,10-12H2,2-3H3. The van der Waals surface area contributed by atoms with Crippen molar-refractivity contribution in [1.29, 1.82) is 0 Å². The smallest absolute Gasteiger partial charge is 0.263 e. The summed E-state index contributed by atoms with van der Waals surface area (Å²) in [6.45, 7) is 6.13. The molecule has 0 amide bonds. The molecule has 6 nitrogen and oxygen atoms in total. The van der Waals surface area contributed by atoms with Gasteiger partial charge in [0.25, 0.3) is 5.56 Å². The summed E-state index contributed by atoms with van der Waals surface area (Å²) in [6.07, 6.45) is 2.14. The Kier molecular flexibility index (Phi) is 6.94. The summed E-state index contributed by atoms with van der Waals surface area (Å²) in [5.74, 6) is 0.590. The number of sulfonamides is 1. The number of allylic oxidation sites excluding steroid dienone is 1. The lowest BCUT2D eigenvalue weighted by molar-refractivity contribution is 0.587. The number of nitrogens with one attached hydrogen (secondary N) is 1. The van der Waals surface area contributed by atoms with Gasteiger partial charge in [-0.25, -0.2) is 18.1 Å². The van der Waals surface area contributed by atoms with Crippen LogP contribution in [0.3, 0.4) is 0 Å². The Bertz CT molecular complexity index is 1180. The number of nitrogens with zero attached hydrogens (tertiary/aromatic N) is 2. The largest absolute Gasteiger partial charge is 0.283 e. The normalized spacial score (nSPS) is 11.8. The van der Waals surface area contributed by atoms with Crippen LogP contribution < -0.4 is 10.3 Å². The number of hydrogen-bond acceptors (Lipinski definition) is 6. The highest BCUT2D eigenvalue weighted by Gasteiger charge is 2.17. The highest BCUT2D eigenvalue weighted by molar-refractivity contribution is 7.99. The quantitative estimate of drug-likeness (QED) is 0.233. The van der Waals surface area contributed by atoms with E-state index in [2.05, 4.69) is 11.3 Å². The molecule has 2 aromatic heterocycles. The predicted molar refractivity (Wildman–Crippen MR) is 122 cm³/mol. The van der Waals surface area contributed by atoms with Gasteiger partial charge in [0.1, 0.15) is 4.83 Å². The maximum Gasteiger partial charge on any atom is 0.263 e. The van der Waals surface area contributed by atoms with Crippen molar-refractivity contribution in [3.05, 3.63) is 58.2 Å². The van der Waals surface area contributed by atoms with Crippen molar-refractivity contribution in [2.75, 3.05) is 18.6 Å². The van der Waals surface area contributed by atoms with Crippen molar-refractivity contribution in [2.24, 2.45) is 0 Å². The van der Waals surface area contributed by atoms with Gasteiger partial charge >= 0.3 is 0 Å². The maximum absolute atomic E-state index is 13.3. The van der Waals surface area contributed by atoms with Crippen LogP contribution in [0, 0.1) is 6.92 Å². The SMILES string of the molecule is C=CCn1c(SCCCS(=O)(=O)NC)nc2scc(-c3ccc(C)cc3)c2c1=O. The van der Waals surface area contributed by atoms with Gasteiger partial charge < -0.3 is 0 Å². The first-order chi connectivity index (χ1) is 13.9. The molecule has 0 radical (unpaired) electrons. The average Bonchev–Trinajstić information content (AvgIpc) is 3.12. The number of aryl methyl sites for hydroxylation is 1. The second kappa shape index (κ2) is 9.25. The van der Waals surface area contributed by atoms with E-state index >= 15 is 0 Å². The first-order valence-electron chi connectivity index (χ1n) is 9.10. The van der Waals surface area contributed by atoms with E-state index in [9.17, 15) is 13.2 Å². The van der Waals surface area contributed by atoms with E-state index in [-0.39, 0.29) is 11.3 Å². The summed E-state index contributed by atoms with van der Waals surface area (Å²) < 4.78 is 27.0. The zero-order chi connectivity index (χ0) is 21.0. The molecule has 3 rings (SSSR count). The Hall–Kier alpha value is -1.94. The van der Waals surface area contributed by atoms with Gasteiger partial charge in [0, 0.05) is 23.2 Å². The lowest BCUT2D eigenvalue weighted by Gasteiger charge is -2.11. The molecule has 9 heteroatoms. The van der Waals surface area contributed by atoms with Gasteiger partial charge in [-0.15, -0.1) is 17.9 Å². The lowest BCUT2D eigenvalue weighted by Crippen LogP contribution is -2.23. The van der Waals surface area contributed by atoms with Crippen molar-refractivity contribution >= 4 is 43.3 Å². The van der Waals surface area contributed by atoms with Gasteiger partial charge in [0.2, 0.25) is 10.0 Å². The summed E-state index contributed by atoms with van der Waals surface area (Å²) in [7, 11) is -1.83. The number of fused-ring (bicyclic) bond motifs is 1. The number of hydrogen-bond donors (Lipinski definition) is 1. The summed E-state index contributed by atoms with van der Waals surface area (Å²) in [5.41, 5.74) is 2.94. The maximum atomic E-state index is 13.3.